The van der Waals surface area contributed by atoms with Gasteiger partial charge in [0.15, 0.2) is 0 Å². The van der Waals surface area contributed by atoms with Gasteiger partial charge in [-0.1, -0.05) is 11.6 Å². The number of carbonyl (C=O) groups is 2. The summed E-state index contributed by atoms with van der Waals surface area (Å²) in [6.07, 6.45) is 0. The van der Waals surface area contributed by atoms with Crippen LogP contribution in [-0.4, -0.2) is 23.5 Å². The fourth-order valence-electron chi connectivity index (χ4n) is 1.97. The van der Waals surface area contributed by atoms with Crippen molar-refractivity contribution in [2.75, 3.05) is 11.9 Å². The van der Waals surface area contributed by atoms with Gasteiger partial charge in [-0.25, -0.2) is 4.79 Å². The van der Waals surface area contributed by atoms with Crippen LogP contribution in [0.5, 0.6) is 0 Å². The third-order valence-electron chi connectivity index (χ3n) is 2.73. The first-order valence-electron chi connectivity index (χ1n) is 6.10. The number of esters is 1. The Kier molecular flexibility index (Phi) is 3.55. The van der Waals surface area contributed by atoms with Gasteiger partial charge in [0.05, 0.1) is 12.3 Å². The molecule has 5 heteroatoms. The molecule has 100 valence electrons. The Morgan fingerprint density at radius 2 is 2.11 bits per heavy atom. The number of aromatic nitrogens is 1. The summed E-state index contributed by atoms with van der Waals surface area (Å²) in [4.78, 5) is 26.2. The van der Waals surface area contributed by atoms with Gasteiger partial charge in [-0.05, 0) is 26.0 Å². The molecule has 2 rings (SSSR count). The minimum atomic E-state index is -0.472. The Morgan fingerprint density at radius 1 is 1.37 bits per heavy atom. The Hall–Kier alpha value is -2.30. The fraction of sp³-hybridized carbons (Fsp3) is 0.286. The van der Waals surface area contributed by atoms with Gasteiger partial charge in [0.25, 0.3) is 0 Å². The number of carbonyl (C=O) groups excluding carboxylic acids is 2. The topological polar surface area (TPSA) is 71.2 Å². The largest absolute Gasteiger partial charge is 0.461 e. The number of hydrogen-bond donors (Lipinski definition) is 2. The standard InChI is InChI=1S/C14H16N2O3/c1-4-19-14(18)13-12(15-9(3)17)10-7-8(2)5-6-11(10)16-13/h5-7,16H,4H2,1-3H3,(H,15,17). The van der Waals surface area contributed by atoms with Gasteiger partial charge in [-0.15, -0.1) is 0 Å². The molecule has 0 saturated heterocycles. The smallest absolute Gasteiger partial charge is 0.356 e. The van der Waals surface area contributed by atoms with Crippen LogP contribution < -0.4 is 5.32 Å². The number of rotatable bonds is 3. The lowest BCUT2D eigenvalue weighted by Gasteiger charge is -2.05. The van der Waals surface area contributed by atoms with E-state index in [-0.39, 0.29) is 18.2 Å². The summed E-state index contributed by atoms with van der Waals surface area (Å²) in [6, 6.07) is 5.73. The van der Waals surface area contributed by atoms with Crippen LogP contribution in [0.15, 0.2) is 18.2 Å². The van der Waals surface area contributed by atoms with E-state index in [2.05, 4.69) is 10.3 Å². The molecule has 2 aromatic rings. The molecule has 1 amide bonds. The lowest BCUT2D eigenvalue weighted by Crippen LogP contribution is -2.12. The SMILES string of the molecule is CCOC(=O)c1[nH]c2ccc(C)cc2c1NC(C)=O. The molecular weight excluding hydrogens is 244 g/mol. The molecule has 0 aliphatic heterocycles. The maximum absolute atomic E-state index is 11.9. The number of anilines is 1. The monoisotopic (exact) mass is 260 g/mol. The molecule has 0 bridgehead atoms. The highest BCUT2D eigenvalue weighted by Crippen LogP contribution is 2.29. The summed E-state index contributed by atoms with van der Waals surface area (Å²) in [7, 11) is 0. The van der Waals surface area contributed by atoms with Gasteiger partial charge < -0.3 is 15.0 Å². The second kappa shape index (κ2) is 5.14. The van der Waals surface area contributed by atoms with E-state index in [1.807, 2.05) is 25.1 Å². The van der Waals surface area contributed by atoms with Gasteiger partial charge in [0.2, 0.25) is 5.91 Å². The second-order valence-corrected chi connectivity index (χ2v) is 4.33. The molecule has 0 spiro atoms. The summed E-state index contributed by atoms with van der Waals surface area (Å²) < 4.78 is 4.99. The second-order valence-electron chi connectivity index (χ2n) is 4.33. The van der Waals surface area contributed by atoms with Crippen molar-refractivity contribution < 1.29 is 14.3 Å². The van der Waals surface area contributed by atoms with E-state index in [0.717, 1.165) is 16.5 Å². The van der Waals surface area contributed by atoms with E-state index >= 15 is 0 Å². The normalized spacial score (nSPS) is 10.5. The quantitative estimate of drug-likeness (QED) is 0.833. The highest BCUT2D eigenvalue weighted by atomic mass is 16.5. The molecule has 1 aromatic carbocycles. The number of amides is 1. The molecule has 1 heterocycles. The number of benzene rings is 1. The van der Waals surface area contributed by atoms with Crippen molar-refractivity contribution in [3.05, 3.63) is 29.5 Å². The molecule has 2 N–H and O–H groups in total. The maximum atomic E-state index is 11.9. The average molecular weight is 260 g/mol. The van der Waals surface area contributed by atoms with Crippen molar-refractivity contribution >= 4 is 28.5 Å². The number of aromatic amines is 1. The van der Waals surface area contributed by atoms with Crippen molar-refractivity contribution in [3.63, 3.8) is 0 Å². The summed E-state index contributed by atoms with van der Waals surface area (Å²) in [5.41, 5.74) is 2.59. The minimum absolute atomic E-state index is 0.229. The summed E-state index contributed by atoms with van der Waals surface area (Å²) in [6.45, 7) is 5.38. The molecule has 0 aliphatic carbocycles. The van der Waals surface area contributed by atoms with E-state index in [0.29, 0.717) is 5.69 Å². The van der Waals surface area contributed by atoms with Crippen LogP contribution in [0.2, 0.25) is 0 Å². The average Bonchev–Trinajstić information content (AvgIpc) is 2.67. The first-order chi connectivity index (χ1) is 9.02. The van der Waals surface area contributed by atoms with Gasteiger partial charge in [0.1, 0.15) is 5.69 Å². The predicted molar refractivity (Wildman–Crippen MR) is 73.3 cm³/mol. The first-order valence-corrected chi connectivity index (χ1v) is 6.10. The van der Waals surface area contributed by atoms with Crippen molar-refractivity contribution in [3.8, 4) is 0 Å². The predicted octanol–water partition coefficient (Wildman–Crippen LogP) is 2.61. The lowest BCUT2D eigenvalue weighted by atomic mass is 10.1. The molecule has 5 nitrogen and oxygen atoms in total. The summed E-state index contributed by atoms with van der Waals surface area (Å²) in [5.74, 6) is -0.701. The van der Waals surface area contributed by atoms with E-state index < -0.39 is 5.97 Å². The Bertz CT molecular complexity index is 643. The number of aryl methyl sites for hydroxylation is 1. The number of H-pyrrole nitrogens is 1. The van der Waals surface area contributed by atoms with Gasteiger partial charge in [-0.3, -0.25) is 4.79 Å². The molecule has 1 aromatic heterocycles. The van der Waals surface area contributed by atoms with Crippen LogP contribution in [0.3, 0.4) is 0 Å². The van der Waals surface area contributed by atoms with E-state index in [1.165, 1.54) is 6.92 Å². The third-order valence-corrected chi connectivity index (χ3v) is 2.73. The summed E-state index contributed by atoms with van der Waals surface area (Å²) >= 11 is 0. The highest BCUT2D eigenvalue weighted by molar-refractivity contribution is 6.10. The molecule has 19 heavy (non-hydrogen) atoms. The number of ether oxygens (including phenoxy) is 1. The van der Waals surface area contributed by atoms with Crippen molar-refractivity contribution in [1.82, 2.24) is 4.98 Å². The first kappa shape index (κ1) is 13.1. The Labute approximate surface area is 110 Å². The minimum Gasteiger partial charge on any atom is -0.461 e. The van der Waals surface area contributed by atoms with Crippen molar-refractivity contribution in [2.45, 2.75) is 20.8 Å². The van der Waals surface area contributed by atoms with Crippen LogP contribution in [0, 0.1) is 6.92 Å². The van der Waals surface area contributed by atoms with Crippen LogP contribution in [-0.2, 0) is 9.53 Å². The Morgan fingerprint density at radius 3 is 2.74 bits per heavy atom. The molecule has 0 saturated carbocycles. The van der Waals surface area contributed by atoms with E-state index in [9.17, 15) is 9.59 Å². The van der Waals surface area contributed by atoms with Crippen LogP contribution in [0.1, 0.15) is 29.9 Å². The van der Waals surface area contributed by atoms with Crippen LogP contribution in [0.25, 0.3) is 10.9 Å². The molecule has 0 unspecified atom stereocenters. The molecule has 0 radical (unpaired) electrons. The highest BCUT2D eigenvalue weighted by Gasteiger charge is 2.19. The van der Waals surface area contributed by atoms with Gasteiger partial charge >= 0.3 is 5.97 Å². The molecule has 0 atom stereocenters. The number of nitrogens with one attached hydrogen (secondary N) is 2. The summed E-state index contributed by atoms with van der Waals surface area (Å²) in [5, 5.41) is 3.50. The lowest BCUT2D eigenvalue weighted by molar-refractivity contribution is -0.114. The van der Waals surface area contributed by atoms with Crippen LogP contribution in [0.4, 0.5) is 5.69 Å². The maximum Gasteiger partial charge on any atom is 0.356 e. The van der Waals surface area contributed by atoms with E-state index in [1.54, 1.807) is 6.92 Å². The molecule has 0 fully saturated rings. The molecule has 0 aliphatic rings. The Balaban J connectivity index is 2.61. The zero-order chi connectivity index (χ0) is 14.0. The van der Waals surface area contributed by atoms with Gasteiger partial charge in [-0.2, -0.15) is 0 Å². The fourth-order valence-corrected chi connectivity index (χ4v) is 1.97. The van der Waals surface area contributed by atoms with Crippen molar-refractivity contribution in [2.24, 2.45) is 0 Å². The third kappa shape index (κ3) is 2.59. The zero-order valence-electron chi connectivity index (χ0n) is 11.2. The van der Waals surface area contributed by atoms with Crippen LogP contribution >= 0.6 is 0 Å². The van der Waals surface area contributed by atoms with Crippen molar-refractivity contribution in [1.29, 1.82) is 0 Å². The molecular formula is C14H16N2O3. The van der Waals surface area contributed by atoms with E-state index in [4.69, 9.17) is 4.74 Å². The number of fused-ring (bicyclic) bond motifs is 1. The van der Waals surface area contributed by atoms with Gasteiger partial charge in [0, 0.05) is 17.8 Å². The number of hydrogen-bond acceptors (Lipinski definition) is 3. The zero-order valence-corrected chi connectivity index (χ0v) is 11.2.